The van der Waals surface area contributed by atoms with Gasteiger partial charge in [0.05, 0.1) is 25.5 Å². The van der Waals surface area contributed by atoms with Crippen molar-refractivity contribution in [2.24, 2.45) is 11.8 Å². The normalized spacial score (nSPS) is 17.2. The Labute approximate surface area is 174 Å². The first-order valence-corrected chi connectivity index (χ1v) is 11.9. The Balaban J connectivity index is 1.96. The molecule has 0 aromatic heterocycles. The minimum Gasteiger partial charge on any atom is -0.493 e. The van der Waals surface area contributed by atoms with E-state index in [0.717, 1.165) is 5.56 Å². The lowest BCUT2D eigenvalue weighted by atomic mass is 9.96. The van der Waals surface area contributed by atoms with Gasteiger partial charge in [0.25, 0.3) is 0 Å². The molecule has 0 bridgehead atoms. The van der Waals surface area contributed by atoms with Crippen LogP contribution in [0.4, 0.5) is 0 Å². The van der Waals surface area contributed by atoms with Crippen molar-refractivity contribution in [1.29, 1.82) is 0 Å². The fourth-order valence-electron chi connectivity index (χ4n) is 3.32. The number of carbonyl (C=O) groups excluding carboxylic acids is 1. The second-order valence-electron chi connectivity index (χ2n) is 7.92. The number of hydrogen-bond donors (Lipinski definition) is 1. The molecule has 1 aromatic carbocycles. The molecule has 0 saturated carbocycles. The molecule has 0 unspecified atom stereocenters. The molecule has 1 heterocycles. The lowest BCUT2D eigenvalue weighted by Gasteiger charge is -2.31. The van der Waals surface area contributed by atoms with Crippen LogP contribution in [0.3, 0.4) is 0 Å². The van der Waals surface area contributed by atoms with E-state index in [0.29, 0.717) is 50.0 Å². The molecule has 2 rings (SSSR count). The molecule has 1 aromatic rings. The number of methoxy groups -OCH3 is 1. The summed E-state index contributed by atoms with van der Waals surface area (Å²) in [5.74, 6) is 1.63. The molecule has 0 spiro atoms. The van der Waals surface area contributed by atoms with Crippen molar-refractivity contribution in [3.8, 4) is 11.5 Å². The summed E-state index contributed by atoms with van der Waals surface area (Å²) in [7, 11) is -1.58. The van der Waals surface area contributed by atoms with Gasteiger partial charge in [0.1, 0.15) is 0 Å². The maximum absolute atomic E-state index is 12.7. The highest BCUT2D eigenvalue weighted by atomic mass is 32.2. The van der Waals surface area contributed by atoms with Gasteiger partial charge in [-0.3, -0.25) is 4.79 Å². The monoisotopic (exact) mass is 426 g/mol. The summed E-state index contributed by atoms with van der Waals surface area (Å²) in [5, 5.41) is 3.05. The molecule has 8 heteroatoms. The number of hydrogen-bond acceptors (Lipinski definition) is 5. The van der Waals surface area contributed by atoms with Crippen molar-refractivity contribution in [2.75, 3.05) is 32.6 Å². The zero-order chi connectivity index (χ0) is 21.6. The van der Waals surface area contributed by atoms with Crippen molar-refractivity contribution < 1.29 is 22.7 Å². The fourth-order valence-corrected chi connectivity index (χ4v) is 4.45. The Bertz CT molecular complexity index is 786. The Hall–Kier alpha value is -1.80. The standard InChI is InChI=1S/C21H34N2O5S/c1-6-29(25,26)23-11-9-17(10-12-23)21(24)22-16(4)18-7-8-19(20(13-18)27-5)28-14-15(2)3/h7-8,13,15-17H,6,9-12,14H2,1-5H3,(H,22,24)/t16-/m1/s1. The van der Waals surface area contributed by atoms with Gasteiger partial charge in [-0.05, 0) is 50.3 Å². The van der Waals surface area contributed by atoms with Gasteiger partial charge < -0.3 is 14.8 Å². The lowest BCUT2D eigenvalue weighted by molar-refractivity contribution is -0.126. The van der Waals surface area contributed by atoms with Gasteiger partial charge in [0.15, 0.2) is 11.5 Å². The Morgan fingerprint density at radius 3 is 2.41 bits per heavy atom. The van der Waals surface area contributed by atoms with Crippen LogP contribution in [0.2, 0.25) is 0 Å². The lowest BCUT2D eigenvalue weighted by Crippen LogP contribution is -2.43. The zero-order valence-corrected chi connectivity index (χ0v) is 18.9. The van der Waals surface area contributed by atoms with E-state index in [2.05, 4.69) is 19.2 Å². The molecule has 1 saturated heterocycles. The van der Waals surface area contributed by atoms with E-state index in [1.165, 1.54) is 4.31 Å². The van der Waals surface area contributed by atoms with Gasteiger partial charge in [-0.1, -0.05) is 19.9 Å². The summed E-state index contributed by atoms with van der Waals surface area (Å²) in [5.41, 5.74) is 0.929. The summed E-state index contributed by atoms with van der Waals surface area (Å²) in [6.07, 6.45) is 1.09. The molecule has 1 fully saturated rings. The third-order valence-electron chi connectivity index (χ3n) is 5.20. The SMILES string of the molecule is CCS(=O)(=O)N1CCC(C(=O)N[C@H](C)c2ccc(OCC(C)C)c(OC)c2)CC1. The van der Waals surface area contributed by atoms with Gasteiger partial charge in [-0.25, -0.2) is 12.7 Å². The molecular formula is C21H34N2O5S. The van der Waals surface area contributed by atoms with E-state index in [9.17, 15) is 13.2 Å². The number of amides is 1. The highest BCUT2D eigenvalue weighted by Crippen LogP contribution is 2.31. The van der Waals surface area contributed by atoms with Crippen LogP contribution < -0.4 is 14.8 Å². The summed E-state index contributed by atoms with van der Waals surface area (Å²) in [6, 6.07) is 5.50. The van der Waals surface area contributed by atoms with Crippen LogP contribution >= 0.6 is 0 Å². The molecule has 1 atom stereocenters. The first kappa shape index (κ1) is 23.5. The minimum absolute atomic E-state index is 0.0369. The molecule has 0 aliphatic carbocycles. The topological polar surface area (TPSA) is 84.9 Å². The third kappa shape index (κ3) is 6.34. The summed E-state index contributed by atoms with van der Waals surface area (Å²) in [4.78, 5) is 12.7. The van der Waals surface area contributed by atoms with E-state index in [4.69, 9.17) is 9.47 Å². The fraction of sp³-hybridized carbons (Fsp3) is 0.667. The summed E-state index contributed by atoms with van der Waals surface area (Å²) >= 11 is 0. The van der Waals surface area contributed by atoms with Crippen LogP contribution in [-0.4, -0.2) is 51.2 Å². The predicted molar refractivity (Wildman–Crippen MR) is 114 cm³/mol. The molecule has 0 radical (unpaired) electrons. The average Bonchev–Trinajstić information content (AvgIpc) is 2.71. The molecule has 1 N–H and O–H groups in total. The number of piperidine rings is 1. The maximum atomic E-state index is 12.7. The van der Waals surface area contributed by atoms with Crippen LogP contribution in [0.15, 0.2) is 18.2 Å². The van der Waals surface area contributed by atoms with Crippen molar-refractivity contribution in [2.45, 2.75) is 46.6 Å². The van der Waals surface area contributed by atoms with E-state index < -0.39 is 10.0 Å². The average molecular weight is 427 g/mol. The first-order valence-electron chi connectivity index (χ1n) is 10.3. The largest absolute Gasteiger partial charge is 0.493 e. The van der Waals surface area contributed by atoms with Gasteiger partial charge >= 0.3 is 0 Å². The summed E-state index contributed by atoms with van der Waals surface area (Å²) in [6.45, 7) is 9.15. The van der Waals surface area contributed by atoms with Gasteiger partial charge in [0, 0.05) is 19.0 Å². The van der Waals surface area contributed by atoms with E-state index >= 15 is 0 Å². The second kappa shape index (κ2) is 10.3. The predicted octanol–water partition coefficient (Wildman–Crippen LogP) is 2.97. The van der Waals surface area contributed by atoms with Crippen molar-refractivity contribution in [1.82, 2.24) is 9.62 Å². The highest BCUT2D eigenvalue weighted by molar-refractivity contribution is 7.89. The number of sulfonamides is 1. The minimum atomic E-state index is -3.18. The van der Waals surface area contributed by atoms with Crippen LogP contribution in [0.1, 0.15) is 52.1 Å². The van der Waals surface area contributed by atoms with E-state index in [-0.39, 0.29) is 23.6 Å². The Kier molecular flexibility index (Phi) is 8.34. The zero-order valence-electron chi connectivity index (χ0n) is 18.1. The molecule has 29 heavy (non-hydrogen) atoms. The number of nitrogens with one attached hydrogen (secondary N) is 1. The van der Waals surface area contributed by atoms with Crippen LogP contribution in [0.5, 0.6) is 11.5 Å². The Morgan fingerprint density at radius 1 is 1.21 bits per heavy atom. The quantitative estimate of drug-likeness (QED) is 0.656. The number of benzene rings is 1. The van der Waals surface area contributed by atoms with Crippen molar-refractivity contribution >= 4 is 15.9 Å². The van der Waals surface area contributed by atoms with Crippen molar-refractivity contribution in [3.05, 3.63) is 23.8 Å². The van der Waals surface area contributed by atoms with E-state index in [1.54, 1.807) is 14.0 Å². The van der Waals surface area contributed by atoms with E-state index in [1.807, 2.05) is 25.1 Å². The van der Waals surface area contributed by atoms with Gasteiger partial charge in [0.2, 0.25) is 15.9 Å². The third-order valence-corrected chi connectivity index (χ3v) is 7.08. The first-order chi connectivity index (χ1) is 13.7. The molecule has 7 nitrogen and oxygen atoms in total. The Morgan fingerprint density at radius 2 is 1.86 bits per heavy atom. The number of nitrogens with zero attached hydrogens (tertiary/aromatic N) is 1. The molecule has 1 aliphatic rings. The van der Waals surface area contributed by atoms with Crippen molar-refractivity contribution in [3.63, 3.8) is 0 Å². The molecule has 164 valence electrons. The molecule has 1 aliphatic heterocycles. The smallest absolute Gasteiger partial charge is 0.223 e. The van der Waals surface area contributed by atoms with Crippen LogP contribution in [0, 0.1) is 11.8 Å². The second-order valence-corrected chi connectivity index (χ2v) is 10.2. The van der Waals surface area contributed by atoms with Crippen LogP contribution in [-0.2, 0) is 14.8 Å². The van der Waals surface area contributed by atoms with Crippen LogP contribution in [0.25, 0.3) is 0 Å². The number of carbonyl (C=O) groups is 1. The van der Waals surface area contributed by atoms with Gasteiger partial charge in [-0.2, -0.15) is 0 Å². The number of ether oxygens (including phenoxy) is 2. The highest BCUT2D eigenvalue weighted by Gasteiger charge is 2.30. The molecule has 1 amide bonds. The maximum Gasteiger partial charge on any atom is 0.223 e. The van der Waals surface area contributed by atoms with Gasteiger partial charge in [-0.15, -0.1) is 0 Å². The molecular weight excluding hydrogens is 392 g/mol. The number of rotatable bonds is 9. The summed E-state index contributed by atoms with van der Waals surface area (Å²) < 4.78 is 36.6.